The van der Waals surface area contributed by atoms with E-state index in [0.717, 1.165) is 11.3 Å². The normalized spacial score (nSPS) is 11.3. The van der Waals surface area contributed by atoms with Gasteiger partial charge in [-0.25, -0.2) is 4.98 Å². The topological polar surface area (TPSA) is 81.5 Å². The Labute approximate surface area is 126 Å². The Morgan fingerprint density at radius 2 is 1.95 bits per heavy atom. The Morgan fingerprint density at radius 3 is 2.62 bits per heavy atom. The highest BCUT2D eigenvalue weighted by Crippen LogP contribution is 2.35. The summed E-state index contributed by atoms with van der Waals surface area (Å²) in [6.45, 7) is 1.92. The van der Waals surface area contributed by atoms with Crippen molar-refractivity contribution in [3.63, 3.8) is 0 Å². The molecule has 3 rings (SSSR count). The second-order valence-electron chi connectivity index (χ2n) is 4.54. The van der Waals surface area contributed by atoms with Crippen LogP contribution in [0.4, 0.5) is 16.6 Å². The SMILES string of the molecule is Cc1csc(/N=N/c2c(-c3ccccc3)nn(C)c2N)n1. The van der Waals surface area contributed by atoms with E-state index in [9.17, 15) is 0 Å². The summed E-state index contributed by atoms with van der Waals surface area (Å²) in [6, 6.07) is 9.79. The van der Waals surface area contributed by atoms with Crippen molar-refractivity contribution in [1.82, 2.24) is 14.8 Å². The maximum Gasteiger partial charge on any atom is 0.230 e. The van der Waals surface area contributed by atoms with Crippen molar-refractivity contribution in [3.05, 3.63) is 41.4 Å². The average Bonchev–Trinajstić information content (AvgIpc) is 3.03. The van der Waals surface area contributed by atoms with Gasteiger partial charge in [-0.05, 0) is 6.92 Å². The van der Waals surface area contributed by atoms with Crippen LogP contribution in [-0.2, 0) is 7.05 Å². The van der Waals surface area contributed by atoms with Crippen LogP contribution < -0.4 is 5.73 Å². The number of nitrogens with two attached hydrogens (primary N) is 1. The quantitative estimate of drug-likeness (QED) is 0.746. The highest BCUT2D eigenvalue weighted by atomic mass is 32.1. The van der Waals surface area contributed by atoms with Crippen LogP contribution in [0.1, 0.15) is 5.69 Å². The molecule has 0 spiro atoms. The minimum Gasteiger partial charge on any atom is -0.382 e. The Morgan fingerprint density at radius 1 is 1.19 bits per heavy atom. The van der Waals surface area contributed by atoms with Crippen LogP contribution in [0.5, 0.6) is 0 Å². The van der Waals surface area contributed by atoms with Crippen LogP contribution >= 0.6 is 11.3 Å². The summed E-state index contributed by atoms with van der Waals surface area (Å²) in [5.74, 6) is 0.478. The number of rotatable bonds is 3. The first-order valence-corrected chi connectivity index (χ1v) is 7.25. The van der Waals surface area contributed by atoms with Gasteiger partial charge >= 0.3 is 0 Å². The van der Waals surface area contributed by atoms with Gasteiger partial charge in [-0.15, -0.1) is 21.6 Å². The molecule has 6 nitrogen and oxygen atoms in total. The molecule has 0 radical (unpaired) electrons. The monoisotopic (exact) mass is 298 g/mol. The van der Waals surface area contributed by atoms with Gasteiger partial charge in [0.1, 0.15) is 11.5 Å². The molecule has 0 bridgehead atoms. The lowest BCUT2D eigenvalue weighted by molar-refractivity contribution is 0.782. The first-order valence-electron chi connectivity index (χ1n) is 6.37. The predicted octanol–water partition coefficient (Wildman–Crippen LogP) is 3.85. The van der Waals surface area contributed by atoms with Crippen molar-refractivity contribution in [2.45, 2.75) is 6.92 Å². The molecule has 0 saturated carbocycles. The second-order valence-corrected chi connectivity index (χ2v) is 5.38. The predicted molar refractivity (Wildman–Crippen MR) is 84.1 cm³/mol. The molecule has 2 aromatic heterocycles. The Kier molecular flexibility index (Phi) is 3.49. The largest absolute Gasteiger partial charge is 0.382 e. The van der Waals surface area contributed by atoms with Crippen LogP contribution in [0.3, 0.4) is 0 Å². The number of aryl methyl sites for hydroxylation is 2. The molecule has 21 heavy (non-hydrogen) atoms. The van der Waals surface area contributed by atoms with Crippen LogP contribution in [0.2, 0.25) is 0 Å². The molecule has 0 fully saturated rings. The molecule has 0 aliphatic heterocycles. The van der Waals surface area contributed by atoms with Crippen LogP contribution in [-0.4, -0.2) is 14.8 Å². The van der Waals surface area contributed by atoms with Gasteiger partial charge in [0.2, 0.25) is 5.13 Å². The van der Waals surface area contributed by atoms with Crippen molar-refractivity contribution in [1.29, 1.82) is 0 Å². The van der Waals surface area contributed by atoms with E-state index in [0.29, 0.717) is 22.3 Å². The summed E-state index contributed by atoms with van der Waals surface area (Å²) in [4.78, 5) is 4.25. The van der Waals surface area contributed by atoms with Crippen LogP contribution in [0, 0.1) is 6.92 Å². The first-order chi connectivity index (χ1) is 10.1. The lowest BCUT2D eigenvalue weighted by Gasteiger charge is -1.97. The van der Waals surface area contributed by atoms with E-state index in [2.05, 4.69) is 20.3 Å². The number of aromatic nitrogens is 3. The standard InChI is InChI=1S/C14H14N6S/c1-9-8-21-14(16-9)18-17-12-11(19-20(2)13(12)15)10-6-4-3-5-7-10/h3-8H,15H2,1-2H3/b18-17+. The van der Waals surface area contributed by atoms with E-state index in [1.54, 1.807) is 11.7 Å². The van der Waals surface area contributed by atoms with Crippen molar-refractivity contribution in [2.24, 2.45) is 17.3 Å². The summed E-state index contributed by atoms with van der Waals surface area (Å²) in [6.07, 6.45) is 0. The minimum atomic E-state index is 0.478. The maximum atomic E-state index is 6.04. The number of azo groups is 1. The molecule has 2 N–H and O–H groups in total. The molecule has 7 heteroatoms. The number of hydrogen-bond donors (Lipinski definition) is 1. The lowest BCUT2D eigenvalue weighted by atomic mass is 10.1. The third-order valence-electron chi connectivity index (χ3n) is 2.96. The third-order valence-corrected chi connectivity index (χ3v) is 3.80. The number of benzene rings is 1. The molecule has 0 unspecified atom stereocenters. The molecule has 0 amide bonds. The van der Waals surface area contributed by atoms with Gasteiger partial charge in [0.25, 0.3) is 0 Å². The molecule has 0 atom stereocenters. The summed E-state index contributed by atoms with van der Waals surface area (Å²) < 4.78 is 1.60. The smallest absolute Gasteiger partial charge is 0.230 e. The van der Waals surface area contributed by atoms with Gasteiger partial charge in [0, 0.05) is 18.0 Å². The number of nitrogen functional groups attached to an aromatic ring is 1. The Bertz CT molecular complexity index is 787. The van der Waals surface area contributed by atoms with E-state index in [1.165, 1.54) is 11.3 Å². The van der Waals surface area contributed by atoms with Gasteiger partial charge in [-0.2, -0.15) is 5.10 Å². The minimum absolute atomic E-state index is 0.478. The number of thiazole rings is 1. The molecule has 1 aromatic carbocycles. The molecule has 3 aromatic rings. The second kappa shape index (κ2) is 5.45. The average molecular weight is 298 g/mol. The van der Waals surface area contributed by atoms with Gasteiger partial charge in [-0.3, -0.25) is 4.68 Å². The van der Waals surface area contributed by atoms with E-state index < -0.39 is 0 Å². The van der Waals surface area contributed by atoms with Gasteiger partial charge < -0.3 is 5.73 Å². The highest BCUT2D eigenvalue weighted by Gasteiger charge is 2.15. The zero-order valence-electron chi connectivity index (χ0n) is 11.7. The summed E-state index contributed by atoms with van der Waals surface area (Å²) in [7, 11) is 1.79. The van der Waals surface area contributed by atoms with Crippen molar-refractivity contribution < 1.29 is 0 Å². The van der Waals surface area contributed by atoms with Crippen molar-refractivity contribution in [2.75, 3.05) is 5.73 Å². The summed E-state index contributed by atoms with van der Waals surface area (Å²) in [5.41, 5.74) is 9.20. The lowest BCUT2D eigenvalue weighted by Crippen LogP contribution is -1.96. The number of nitrogens with zero attached hydrogens (tertiary/aromatic N) is 5. The molecular weight excluding hydrogens is 284 g/mol. The fraction of sp³-hybridized carbons (Fsp3) is 0.143. The zero-order valence-corrected chi connectivity index (χ0v) is 12.5. The number of hydrogen-bond acceptors (Lipinski definition) is 6. The molecule has 106 valence electrons. The van der Waals surface area contributed by atoms with Gasteiger partial charge in [0.05, 0.1) is 5.69 Å². The van der Waals surface area contributed by atoms with Crippen molar-refractivity contribution >= 4 is 28.0 Å². The Hall–Kier alpha value is -2.54. The first kappa shape index (κ1) is 13.4. The fourth-order valence-corrected chi connectivity index (χ4v) is 2.51. The zero-order chi connectivity index (χ0) is 14.8. The fourth-order valence-electron chi connectivity index (χ4n) is 1.90. The molecular formula is C14H14N6S. The van der Waals surface area contributed by atoms with E-state index >= 15 is 0 Å². The number of anilines is 1. The van der Waals surface area contributed by atoms with Crippen LogP contribution in [0.15, 0.2) is 45.9 Å². The molecule has 2 heterocycles. The Balaban J connectivity index is 2.04. The van der Waals surface area contributed by atoms with Gasteiger partial charge in [0.15, 0.2) is 5.69 Å². The van der Waals surface area contributed by atoms with Crippen LogP contribution in [0.25, 0.3) is 11.3 Å². The molecule has 0 aliphatic carbocycles. The summed E-state index contributed by atoms with van der Waals surface area (Å²) in [5, 5.41) is 15.4. The molecule has 0 saturated heterocycles. The summed E-state index contributed by atoms with van der Waals surface area (Å²) >= 11 is 1.44. The van der Waals surface area contributed by atoms with E-state index in [4.69, 9.17) is 5.73 Å². The highest BCUT2D eigenvalue weighted by molar-refractivity contribution is 7.13. The maximum absolute atomic E-state index is 6.04. The molecule has 0 aliphatic rings. The van der Waals surface area contributed by atoms with Crippen molar-refractivity contribution in [3.8, 4) is 11.3 Å². The third kappa shape index (κ3) is 2.68. The van der Waals surface area contributed by atoms with E-state index in [1.807, 2.05) is 42.6 Å². The van der Waals surface area contributed by atoms with Gasteiger partial charge in [-0.1, -0.05) is 30.3 Å². The van der Waals surface area contributed by atoms with E-state index in [-0.39, 0.29) is 0 Å².